The summed E-state index contributed by atoms with van der Waals surface area (Å²) in [7, 11) is -2.79. The van der Waals surface area contributed by atoms with E-state index in [1.165, 1.54) is 42.3 Å². The van der Waals surface area contributed by atoms with Gasteiger partial charge in [0.1, 0.15) is 24.2 Å². The number of rotatable bonds is 13. The fourth-order valence-corrected chi connectivity index (χ4v) is 6.27. The van der Waals surface area contributed by atoms with Gasteiger partial charge in [0.25, 0.3) is 10.0 Å². The largest absolute Gasteiger partial charge is 0.497 e. The van der Waals surface area contributed by atoms with Crippen molar-refractivity contribution in [1.82, 2.24) is 10.2 Å². The molecule has 0 radical (unpaired) electrons. The molecule has 0 aliphatic rings. The lowest BCUT2D eigenvalue weighted by Gasteiger charge is -2.34. The Morgan fingerprint density at radius 2 is 1.49 bits per heavy atom. The average Bonchev–Trinajstić information content (AvgIpc) is 3.03. The van der Waals surface area contributed by atoms with E-state index in [-0.39, 0.29) is 35.2 Å². The van der Waals surface area contributed by atoms with Crippen molar-refractivity contribution >= 4 is 27.5 Å². The molecule has 4 rings (SSSR count). The molecule has 0 aliphatic carbocycles. The lowest BCUT2D eigenvalue weighted by molar-refractivity contribution is -0.140. The van der Waals surface area contributed by atoms with E-state index >= 15 is 0 Å². The summed E-state index contributed by atoms with van der Waals surface area (Å²) in [5, 5.41) is 2.89. The number of hydrogen-bond acceptors (Lipinski definition) is 5. The molecule has 4 aromatic carbocycles. The van der Waals surface area contributed by atoms with Crippen LogP contribution in [0.1, 0.15) is 30.5 Å². The van der Waals surface area contributed by atoms with Crippen LogP contribution in [0.25, 0.3) is 0 Å². The summed E-state index contributed by atoms with van der Waals surface area (Å²) >= 11 is 0. The maximum atomic E-state index is 15.0. The molecule has 1 N–H and O–H groups in total. The molecule has 2 amide bonds. The molecule has 236 valence electrons. The first kappa shape index (κ1) is 33.2. The van der Waals surface area contributed by atoms with Gasteiger partial charge in [0.05, 0.1) is 17.7 Å². The van der Waals surface area contributed by atoms with Gasteiger partial charge >= 0.3 is 0 Å². The minimum atomic E-state index is -4.27. The van der Waals surface area contributed by atoms with Crippen molar-refractivity contribution < 1.29 is 27.1 Å². The number of nitrogens with zero attached hydrogens (tertiary/aromatic N) is 2. The molecule has 0 aliphatic heterocycles. The first-order valence-electron chi connectivity index (χ1n) is 14.6. The van der Waals surface area contributed by atoms with Crippen LogP contribution >= 0.6 is 0 Å². The van der Waals surface area contributed by atoms with E-state index < -0.39 is 40.2 Å². The standard InChI is InChI=1S/C35H38FN3O5S/c1-25(2)37-35(41)33(22-27-10-6-5-7-11-27)38(23-28-12-8-9-13-32(28)36)34(40)24-39(29-16-14-26(3)15-17-29)45(42,43)31-20-18-30(44-4)19-21-31/h5-21,25,33H,22-24H2,1-4H3,(H,37,41). The Balaban J connectivity index is 1.81. The Morgan fingerprint density at radius 1 is 0.867 bits per heavy atom. The van der Waals surface area contributed by atoms with Crippen molar-refractivity contribution in [2.24, 2.45) is 0 Å². The van der Waals surface area contributed by atoms with Crippen molar-refractivity contribution in [2.45, 2.75) is 50.7 Å². The predicted octanol–water partition coefficient (Wildman–Crippen LogP) is 5.50. The van der Waals surface area contributed by atoms with E-state index in [1.54, 1.807) is 56.3 Å². The summed E-state index contributed by atoms with van der Waals surface area (Å²) in [5.41, 5.74) is 2.15. The first-order valence-corrected chi connectivity index (χ1v) is 16.0. The summed E-state index contributed by atoms with van der Waals surface area (Å²) in [6, 6.07) is 26.5. The Bertz CT molecular complexity index is 1700. The van der Waals surface area contributed by atoms with Gasteiger partial charge in [0.2, 0.25) is 11.8 Å². The zero-order valence-corrected chi connectivity index (χ0v) is 26.6. The molecule has 0 aromatic heterocycles. The smallest absolute Gasteiger partial charge is 0.264 e. The van der Waals surface area contributed by atoms with Crippen LogP contribution in [0, 0.1) is 12.7 Å². The fraction of sp³-hybridized carbons (Fsp3) is 0.257. The number of carbonyl (C=O) groups excluding carboxylic acids is 2. The maximum absolute atomic E-state index is 15.0. The number of amides is 2. The van der Waals surface area contributed by atoms with Crippen molar-refractivity contribution in [2.75, 3.05) is 18.0 Å². The van der Waals surface area contributed by atoms with Crippen LogP contribution in [0.15, 0.2) is 108 Å². The van der Waals surface area contributed by atoms with E-state index in [0.29, 0.717) is 5.75 Å². The molecule has 45 heavy (non-hydrogen) atoms. The zero-order valence-electron chi connectivity index (χ0n) is 25.8. The van der Waals surface area contributed by atoms with Gasteiger partial charge < -0.3 is 15.0 Å². The highest BCUT2D eigenvalue weighted by atomic mass is 32.2. The van der Waals surface area contributed by atoms with Crippen molar-refractivity contribution in [1.29, 1.82) is 0 Å². The molecule has 10 heteroatoms. The number of hydrogen-bond donors (Lipinski definition) is 1. The third kappa shape index (κ3) is 8.48. The monoisotopic (exact) mass is 631 g/mol. The zero-order chi connectivity index (χ0) is 32.6. The second-order valence-corrected chi connectivity index (χ2v) is 12.9. The molecule has 0 saturated heterocycles. The van der Waals surface area contributed by atoms with Crippen LogP contribution < -0.4 is 14.4 Å². The number of sulfonamides is 1. The second-order valence-electron chi connectivity index (χ2n) is 11.0. The molecule has 4 aromatic rings. The Morgan fingerprint density at radius 3 is 2.09 bits per heavy atom. The van der Waals surface area contributed by atoms with Gasteiger partial charge in [-0.15, -0.1) is 0 Å². The number of anilines is 1. The van der Waals surface area contributed by atoms with Crippen LogP contribution in [-0.2, 0) is 32.6 Å². The van der Waals surface area contributed by atoms with Crippen LogP contribution in [0.5, 0.6) is 5.75 Å². The maximum Gasteiger partial charge on any atom is 0.264 e. The second kappa shape index (κ2) is 14.9. The third-order valence-corrected chi connectivity index (χ3v) is 9.04. The minimum absolute atomic E-state index is 0.0456. The summed E-state index contributed by atoms with van der Waals surface area (Å²) < 4.78 is 49.4. The number of ether oxygens (including phenoxy) is 1. The molecule has 8 nitrogen and oxygen atoms in total. The molecule has 0 saturated carbocycles. The first-order chi connectivity index (χ1) is 21.5. The number of nitrogens with one attached hydrogen (secondary N) is 1. The van der Waals surface area contributed by atoms with Gasteiger partial charge in [-0.05, 0) is 68.8 Å². The number of halogens is 1. The number of aryl methyl sites for hydroxylation is 1. The molecule has 1 atom stereocenters. The lowest BCUT2D eigenvalue weighted by atomic mass is 10.0. The topological polar surface area (TPSA) is 96.0 Å². The minimum Gasteiger partial charge on any atom is -0.497 e. The summed E-state index contributed by atoms with van der Waals surface area (Å²) in [6.45, 7) is 4.60. The molecule has 0 heterocycles. The van der Waals surface area contributed by atoms with Gasteiger partial charge in [-0.2, -0.15) is 0 Å². The highest BCUT2D eigenvalue weighted by molar-refractivity contribution is 7.92. The molecule has 0 fully saturated rings. The van der Waals surface area contributed by atoms with E-state index in [2.05, 4.69) is 5.32 Å². The molecular weight excluding hydrogens is 593 g/mol. The molecule has 1 unspecified atom stereocenters. The highest BCUT2D eigenvalue weighted by Gasteiger charge is 2.35. The van der Waals surface area contributed by atoms with Crippen molar-refractivity contribution in [3.05, 3.63) is 126 Å². The quantitative estimate of drug-likeness (QED) is 0.210. The third-order valence-electron chi connectivity index (χ3n) is 7.25. The highest BCUT2D eigenvalue weighted by Crippen LogP contribution is 2.27. The van der Waals surface area contributed by atoms with Gasteiger partial charge in [-0.3, -0.25) is 13.9 Å². The predicted molar refractivity (Wildman–Crippen MR) is 173 cm³/mol. The van der Waals surface area contributed by atoms with Gasteiger partial charge in [0.15, 0.2) is 0 Å². The summed E-state index contributed by atoms with van der Waals surface area (Å²) in [4.78, 5) is 29.3. The number of carbonyl (C=O) groups is 2. The molecule has 0 spiro atoms. The van der Waals surface area contributed by atoms with E-state index in [1.807, 2.05) is 37.3 Å². The van der Waals surface area contributed by atoms with Crippen LogP contribution in [0.3, 0.4) is 0 Å². The van der Waals surface area contributed by atoms with Gasteiger partial charge in [-0.25, -0.2) is 12.8 Å². The van der Waals surface area contributed by atoms with Crippen molar-refractivity contribution in [3.63, 3.8) is 0 Å². The van der Waals surface area contributed by atoms with Gasteiger partial charge in [-0.1, -0.05) is 66.2 Å². The van der Waals surface area contributed by atoms with E-state index in [0.717, 1.165) is 15.4 Å². The van der Waals surface area contributed by atoms with Crippen LogP contribution in [0.4, 0.5) is 10.1 Å². The number of methoxy groups -OCH3 is 1. The lowest BCUT2D eigenvalue weighted by Crippen LogP contribution is -2.54. The Labute approximate surface area is 264 Å². The molecular formula is C35H38FN3O5S. The van der Waals surface area contributed by atoms with Crippen molar-refractivity contribution in [3.8, 4) is 5.75 Å². The fourth-order valence-electron chi connectivity index (χ4n) is 4.86. The molecule has 0 bridgehead atoms. The normalized spacial score (nSPS) is 12.0. The average molecular weight is 632 g/mol. The van der Waals surface area contributed by atoms with Gasteiger partial charge in [0, 0.05) is 24.6 Å². The summed E-state index contributed by atoms with van der Waals surface area (Å²) in [5.74, 6) is -1.17. The van der Waals surface area contributed by atoms with Crippen LogP contribution in [0.2, 0.25) is 0 Å². The SMILES string of the molecule is COc1ccc(S(=O)(=O)N(CC(=O)N(Cc2ccccc2F)C(Cc2ccccc2)C(=O)NC(C)C)c2ccc(C)cc2)cc1. The summed E-state index contributed by atoms with van der Waals surface area (Å²) in [6.07, 6.45) is 0.134. The van der Waals surface area contributed by atoms with E-state index in [9.17, 15) is 22.4 Å². The number of benzene rings is 4. The van der Waals surface area contributed by atoms with Crippen LogP contribution in [-0.4, -0.2) is 50.9 Å². The Kier molecular flexibility index (Phi) is 11.0. The Hall–Kier alpha value is -4.70. The van der Waals surface area contributed by atoms with E-state index in [4.69, 9.17) is 4.74 Å².